The van der Waals surface area contributed by atoms with Crippen molar-refractivity contribution in [3.05, 3.63) is 11.8 Å². The molecule has 104 valence electrons. The van der Waals surface area contributed by atoms with Gasteiger partial charge in [-0.25, -0.2) is 9.69 Å². The summed E-state index contributed by atoms with van der Waals surface area (Å²) in [5.74, 6) is 0.612. The molecule has 1 aromatic rings. The van der Waals surface area contributed by atoms with Gasteiger partial charge in [-0.15, -0.1) is 0 Å². The molecule has 6 heteroatoms. The van der Waals surface area contributed by atoms with E-state index in [1.165, 1.54) is 7.05 Å². The molecule has 1 heterocycles. The quantitative estimate of drug-likeness (QED) is 0.888. The van der Waals surface area contributed by atoms with E-state index in [-0.39, 0.29) is 23.1 Å². The van der Waals surface area contributed by atoms with Crippen molar-refractivity contribution in [1.29, 1.82) is 0 Å². The maximum atomic E-state index is 12.1. The molecule has 0 bridgehead atoms. The number of imide groups is 1. The van der Waals surface area contributed by atoms with E-state index in [2.05, 4.69) is 10.5 Å². The second kappa shape index (κ2) is 4.68. The lowest BCUT2D eigenvalue weighted by molar-refractivity contribution is -0.119. The Balaban J connectivity index is 2.30. The first-order valence-corrected chi connectivity index (χ1v) is 6.37. The monoisotopic (exact) mass is 265 g/mol. The summed E-state index contributed by atoms with van der Waals surface area (Å²) in [6, 6.07) is 1.17. The zero-order valence-corrected chi connectivity index (χ0v) is 11.7. The average molecular weight is 265 g/mol. The number of anilines is 1. The predicted molar refractivity (Wildman–Crippen MR) is 69.9 cm³/mol. The third-order valence-electron chi connectivity index (χ3n) is 3.03. The van der Waals surface area contributed by atoms with Crippen LogP contribution in [0, 0.1) is 5.92 Å². The molecular formula is C13H19N3O3. The van der Waals surface area contributed by atoms with Gasteiger partial charge in [-0.2, -0.15) is 0 Å². The van der Waals surface area contributed by atoms with E-state index in [0.29, 0.717) is 5.76 Å². The fourth-order valence-corrected chi connectivity index (χ4v) is 1.67. The largest absolute Gasteiger partial charge is 0.359 e. The Morgan fingerprint density at radius 3 is 2.47 bits per heavy atom. The van der Waals surface area contributed by atoms with Crippen LogP contribution in [0.4, 0.5) is 10.6 Å². The molecule has 19 heavy (non-hydrogen) atoms. The predicted octanol–water partition coefficient (Wildman–Crippen LogP) is 2.05. The standard InChI is InChI=1S/C13H19N3O3/c1-13(2,3)9-7-10(15-19-9)16(12(18)14-4)11(17)8-5-6-8/h7-8H,5-6H2,1-4H3,(H,14,18). The molecule has 0 aliphatic heterocycles. The Labute approximate surface area is 112 Å². The molecule has 1 aliphatic rings. The molecule has 6 nitrogen and oxygen atoms in total. The average Bonchev–Trinajstić information content (AvgIpc) is 3.07. The number of nitrogens with one attached hydrogen (secondary N) is 1. The number of hydrogen-bond donors (Lipinski definition) is 1. The topological polar surface area (TPSA) is 75.4 Å². The van der Waals surface area contributed by atoms with Crippen molar-refractivity contribution in [3.8, 4) is 0 Å². The third-order valence-corrected chi connectivity index (χ3v) is 3.03. The Morgan fingerprint density at radius 1 is 1.42 bits per heavy atom. The molecule has 1 N–H and O–H groups in total. The number of rotatable bonds is 2. The number of amides is 3. The molecule has 1 aromatic heterocycles. The molecule has 0 aromatic carbocycles. The van der Waals surface area contributed by atoms with E-state index in [1.807, 2.05) is 20.8 Å². The van der Waals surface area contributed by atoms with E-state index in [1.54, 1.807) is 6.07 Å². The minimum atomic E-state index is -0.481. The molecule has 0 spiro atoms. The van der Waals surface area contributed by atoms with Crippen LogP contribution in [-0.4, -0.2) is 24.1 Å². The van der Waals surface area contributed by atoms with E-state index in [4.69, 9.17) is 4.52 Å². The molecule has 3 amide bonds. The van der Waals surface area contributed by atoms with Crippen LogP contribution in [-0.2, 0) is 10.2 Å². The van der Waals surface area contributed by atoms with Gasteiger partial charge in [0.05, 0.1) is 0 Å². The van der Waals surface area contributed by atoms with Crippen molar-refractivity contribution in [2.45, 2.75) is 39.0 Å². The van der Waals surface area contributed by atoms with Gasteiger partial charge in [0.25, 0.3) is 0 Å². The lowest BCUT2D eigenvalue weighted by atomic mass is 9.93. The van der Waals surface area contributed by atoms with E-state index < -0.39 is 6.03 Å². The van der Waals surface area contributed by atoms with E-state index in [0.717, 1.165) is 17.7 Å². The van der Waals surface area contributed by atoms with Crippen LogP contribution in [0.15, 0.2) is 10.6 Å². The summed E-state index contributed by atoms with van der Waals surface area (Å²) in [5, 5.41) is 6.31. The minimum Gasteiger partial charge on any atom is -0.359 e. The Kier molecular flexibility index (Phi) is 3.34. The second-order valence-electron chi connectivity index (χ2n) is 5.80. The van der Waals surface area contributed by atoms with Crippen molar-refractivity contribution in [2.75, 3.05) is 11.9 Å². The maximum Gasteiger partial charge on any atom is 0.329 e. The Morgan fingerprint density at radius 2 is 2.05 bits per heavy atom. The molecule has 1 saturated carbocycles. The summed E-state index contributed by atoms with van der Waals surface area (Å²) in [4.78, 5) is 25.1. The number of urea groups is 1. The highest BCUT2D eigenvalue weighted by atomic mass is 16.5. The number of carbonyl (C=O) groups is 2. The zero-order valence-electron chi connectivity index (χ0n) is 11.7. The fraction of sp³-hybridized carbons (Fsp3) is 0.615. The first-order valence-electron chi connectivity index (χ1n) is 6.37. The van der Waals surface area contributed by atoms with Crippen LogP contribution in [0.25, 0.3) is 0 Å². The molecule has 1 aliphatic carbocycles. The van der Waals surface area contributed by atoms with Crippen LogP contribution in [0.2, 0.25) is 0 Å². The fourth-order valence-electron chi connectivity index (χ4n) is 1.67. The molecule has 2 rings (SSSR count). The summed E-state index contributed by atoms with van der Waals surface area (Å²) < 4.78 is 5.23. The summed E-state index contributed by atoms with van der Waals surface area (Å²) >= 11 is 0. The molecule has 0 saturated heterocycles. The lowest BCUT2D eigenvalue weighted by Crippen LogP contribution is -2.43. The van der Waals surface area contributed by atoms with E-state index >= 15 is 0 Å². The molecule has 0 atom stereocenters. The summed E-state index contributed by atoms with van der Waals surface area (Å²) in [6.45, 7) is 5.93. The minimum absolute atomic E-state index is 0.0629. The highest BCUT2D eigenvalue weighted by Crippen LogP contribution is 2.33. The van der Waals surface area contributed by atoms with Gasteiger partial charge in [0.2, 0.25) is 5.91 Å². The number of carbonyl (C=O) groups excluding carboxylic acids is 2. The Bertz CT molecular complexity index is 497. The molecule has 1 fully saturated rings. The first-order chi connectivity index (χ1) is 8.84. The van der Waals surface area contributed by atoms with Crippen LogP contribution in [0.1, 0.15) is 39.4 Å². The highest BCUT2D eigenvalue weighted by molar-refractivity contribution is 6.14. The van der Waals surface area contributed by atoms with Gasteiger partial charge in [0, 0.05) is 24.4 Å². The number of hydrogen-bond acceptors (Lipinski definition) is 4. The van der Waals surface area contributed by atoms with Crippen LogP contribution in [0.5, 0.6) is 0 Å². The van der Waals surface area contributed by atoms with Crippen molar-refractivity contribution in [1.82, 2.24) is 10.5 Å². The van der Waals surface area contributed by atoms with Crippen molar-refractivity contribution in [2.24, 2.45) is 5.92 Å². The summed E-state index contributed by atoms with van der Waals surface area (Å²) in [5.41, 5.74) is -0.220. The summed E-state index contributed by atoms with van der Waals surface area (Å²) in [6.07, 6.45) is 1.66. The third kappa shape index (κ3) is 2.77. The maximum absolute atomic E-state index is 12.1. The van der Waals surface area contributed by atoms with Gasteiger partial charge in [0.1, 0.15) is 5.76 Å². The van der Waals surface area contributed by atoms with E-state index in [9.17, 15) is 9.59 Å². The normalized spacial score (nSPS) is 15.2. The van der Waals surface area contributed by atoms with Crippen molar-refractivity contribution in [3.63, 3.8) is 0 Å². The van der Waals surface area contributed by atoms with Gasteiger partial charge in [-0.05, 0) is 12.8 Å². The molecular weight excluding hydrogens is 246 g/mol. The number of aromatic nitrogens is 1. The first kappa shape index (κ1) is 13.6. The number of nitrogens with zero attached hydrogens (tertiary/aromatic N) is 2. The van der Waals surface area contributed by atoms with Crippen molar-refractivity contribution < 1.29 is 14.1 Å². The van der Waals surface area contributed by atoms with Gasteiger partial charge >= 0.3 is 6.03 Å². The molecule has 0 radical (unpaired) electrons. The van der Waals surface area contributed by atoms with Gasteiger partial charge in [-0.3, -0.25) is 4.79 Å². The van der Waals surface area contributed by atoms with Crippen LogP contribution in [0.3, 0.4) is 0 Å². The van der Waals surface area contributed by atoms with Gasteiger partial charge in [0.15, 0.2) is 5.82 Å². The van der Waals surface area contributed by atoms with Gasteiger partial charge in [-0.1, -0.05) is 25.9 Å². The summed E-state index contributed by atoms with van der Waals surface area (Å²) in [7, 11) is 1.49. The smallest absolute Gasteiger partial charge is 0.329 e. The van der Waals surface area contributed by atoms with Crippen LogP contribution >= 0.6 is 0 Å². The zero-order chi connectivity index (χ0) is 14.2. The van der Waals surface area contributed by atoms with Crippen LogP contribution < -0.4 is 10.2 Å². The lowest BCUT2D eigenvalue weighted by Gasteiger charge is -2.17. The van der Waals surface area contributed by atoms with Gasteiger partial charge < -0.3 is 9.84 Å². The Hall–Kier alpha value is -1.85. The highest BCUT2D eigenvalue weighted by Gasteiger charge is 2.38. The molecule has 0 unspecified atom stereocenters. The van der Waals surface area contributed by atoms with Crippen molar-refractivity contribution >= 4 is 17.8 Å². The SMILES string of the molecule is CNC(=O)N(C(=O)C1CC1)c1cc(C(C)(C)C)on1. The second-order valence-corrected chi connectivity index (χ2v) is 5.80.